The zero-order chi connectivity index (χ0) is 18.8. The van der Waals surface area contributed by atoms with Gasteiger partial charge in [-0.15, -0.1) is 0 Å². The summed E-state index contributed by atoms with van der Waals surface area (Å²) in [6.07, 6.45) is 0.444. The molecule has 0 aliphatic heterocycles. The van der Waals surface area contributed by atoms with Crippen LogP contribution in [0.5, 0.6) is 5.75 Å². The lowest BCUT2D eigenvalue weighted by Crippen LogP contribution is -2.12. The molecule has 2 aromatic carbocycles. The number of carbonyl (C=O) groups is 1. The average molecular weight is 353 g/mol. The van der Waals surface area contributed by atoms with Gasteiger partial charge in [-0.3, -0.25) is 4.79 Å². The van der Waals surface area contributed by atoms with Gasteiger partial charge in [-0.25, -0.2) is 0 Å². The van der Waals surface area contributed by atoms with Crippen molar-refractivity contribution in [3.8, 4) is 17.1 Å². The van der Waals surface area contributed by atoms with E-state index < -0.39 is 11.9 Å². The molecule has 3 rings (SSSR count). The van der Waals surface area contributed by atoms with Gasteiger partial charge in [0.25, 0.3) is 0 Å². The number of anilines is 1. The second-order valence-electron chi connectivity index (χ2n) is 6.71. The number of methoxy groups -OCH3 is 1. The Balaban J connectivity index is 2.00. The van der Waals surface area contributed by atoms with Gasteiger partial charge in [0.2, 0.25) is 0 Å². The van der Waals surface area contributed by atoms with E-state index in [9.17, 15) is 4.79 Å². The van der Waals surface area contributed by atoms with Gasteiger partial charge in [0.1, 0.15) is 5.76 Å². The van der Waals surface area contributed by atoms with Crippen LogP contribution >= 0.6 is 0 Å². The largest absolute Gasteiger partial charge is 0.493 e. The van der Waals surface area contributed by atoms with E-state index >= 15 is 0 Å². The van der Waals surface area contributed by atoms with Crippen molar-refractivity contribution >= 4 is 22.6 Å². The molecular formula is C21H23NO4. The molecule has 3 aromatic rings. The van der Waals surface area contributed by atoms with E-state index in [-0.39, 0.29) is 0 Å². The van der Waals surface area contributed by atoms with Gasteiger partial charge in [0, 0.05) is 30.7 Å². The quantitative estimate of drug-likeness (QED) is 0.710. The minimum absolute atomic E-state index is 0.444. The highest BCUT2D eigenvalue weighted by Crippen LogP contribution is 2.35. The summed E-state index contributed by atoms with van der Waals surface area (Å²) in [4.78, 5) is 13.2. The molecule has 0 saturated heterocycles. The van der Waals surface area contributed by atoms with Gasteiger partial charge in [-0.05, 0) is 54.4 Å². The van der Waals surface area contributed by atoms with E-state index in [0.717, 1.165) is 28.0 Å². The highest BCUT2D eigenvalue weighted by molar-refractivity contribution is 5.88. The Labute approximate surface area is 152 Å². The van der Waals surface area contributed by atoms with Crippen molar-refractivity contribution in [1.82, 2.24) is 0 Å². The number of furan rings is 1. The van der Waals surface area contributed by atoms with Crippen LogP contribution in [0.2, 0.25) is 0 Å². The molecule has 1 unspecified atom stereocenters. The first kappa shape index (κ1) is 17.9. The minimum atomic E-state index is -0.807. The fraction of sp³-hybridized carbons (Fsp3) is 0.286. The number of benzene rings is 2. The van der Waals surface area contributed by atoms with Crippen LogP contribution in [0.1, 0.15) is 12.5 Å². The molecular weight excluding hydrogens is 330 g/mol. The summed E-state index contributed by atoms with van der Waals surface area (Å²) in [6.45, 7) is 1.70. The lowest BCUT2D eigenvalue weighted by molar-refractivity contribution is -0.141. The molecule has 1 aromatic heterocycles. The average Bonchev–Trinajstić information content (AvgIpc) is 3.05. The van der Waals surface area contributed by atoms with Gasteiger partial charge >= 0.3 is 5.97 Å². The van der Waals surface area contributed by atoms with Crippen LogP contribution in [0, 0.1) is 5.92 Å². The van der Waals surface area contributed by atoms with Crippen LogP contribution < -0.4 is 9.64 Å². The zero-order valence-electron chi connectivity index (χ0n) is 15.4. The number of rotatable bonds is 6. The number of ether oxygens (including phenoxy) is 1. The topological polar surface area (TPSA) is 62.9 Å². The lowest BCUT2D eigenvalue weighted by Gasteiger charge is -2.12. The highest BCUT2D eigenvalue weighted by Gasteiger charge is 2.16. The van der Waals surface area contributed by atoms with Crippen molar-refractivity contribution in [3.63, 3.8) is 0 Å². The molecule has 0 spiro atoms. The Morgan fingerprint density at radius 1 is 1.19 bits per heavy atom. The first-order valence-electron chi connectivity index (χ1n) is 8.50. The monoisotopic (exact) mass is 353 g/mol. The zero-order valence-corrected chi connectivity index (χ0v) is 15.4. The van der Waals surface area contributed by atoms with Crippen molar-refractivity contribution in [1.29, 1.82) is 0 Å². The number of hydrogen-bond donors (Lipinski definition) is 1. The number of carboxylic acid groups (broad SMARTS) is 1. The number of nitrogens with zero attached hydrogens (tertiary/aromatic N) is 1. The summed E-state index contributed by atoms with van der Waals surface area (Å²) in [5.74, 6) is 0.110. The molecule has 0 amide bonds. The van der Waals surface area contributed by atoms with Crippen LogP contribution in [0.3, 0.4) is 0 Å². The van der Waals surface area contributed by atoms with Crippen molar-refractivity contribution in [2.24, 2.45) is 5.92 Å². The van der Waals surface area contributed by atoms with Gasteiger partial charge in [-0.2, -0.15) is 0 Å². The van der Waals surface area contributed by atoms with E-state index in [1.54, 1.807) is 14.0 Å². The van der Waals surface area contributed by atoms with Gasteiger partial charge < -0.3 is 19.2 Å². The smallest absolute Gasteiger partial charge is 0.306 e. The Kier molecular flexibility index (Phi) is 4.89. The molecule has 0 bridgehead atoms. The first-order valence-corrected chi connectivity index (χ1v) is 8.50. The van der Waals surface area contributed by atoms with Gasteiger partial charge in [-0.1, -0.05) is 6.92 Å². The Morgan fingerprint density at radius 2 is 1.88 bits per heavy atom. The molecule has 1 N–H and O–H groups in total. The number of carboxylic acids is 1. The van der Waals surface area contributed by atoms with E-state index in [1.807, 2.05) is 61.5 Å². The molecule has 5 heteroatoms. The molecule has 5 nitrogen and oxygen atoms in total. The standard InChI is InChI=1S/C21H23NO4/c1-13(21(23)24)9-14-10-16-12-18(26-20(16)19(11-14)25-4)15-5-7-17(8-6-15)22(2)3/h5-8,10-13H,9H2,1-4H3,(H,23,24). The third-order valence-electron chi connectivity index (χ3n) is 4.49. The van der Waals surface area contributed by atoms with Crippen LogP contribution in [0.4, 0.5) is 5.69 Å². The molecule has 0 aliphatic carbocycles. The maximum Gasteiger partial charge on any atom is 0.306 e. The Hall–Kier alpha value is -2.95. The molecule has 136 valence electrons. The van der Waals surface area contributed by atoms with Crippen molar-refractivity contribution in [3.05, 3.63) is 48.0 Å². The molecule has 1 atom stereocenters. The normalized spacial score (nSPS) is 12.2. The fourth-order valence-corrected chi connectivity index (χ4v) is 2.96. The summed E-state index contributed by atoms with van der Waals surface area (Å²) in [6, 6.07) is 13.9. The van der Waals surface area contributed by atoms with E-state index in [0.29, 0.717) is 17.8 Å². The third kappa shape index (κ3) is 3.52. The summed E-state index contributed by atoms with van der Waals surface area (Å²) >= 11 is 0. The first-order chi connectivity index (χ1) is 12.4. The summed E-state index contributed by atoms with van der Waals surface area (Å²) < 4.78 is 11.5. The predicted molar refractivity (Wildman–Crippen MR) is 103 cm³/mol. The van der Waals surface area contributed by atoms with Crippen molar-refractivity contribution in [2.45, 2.75) is 13.3 Å². The van der Waals surface area contributed by atoms with Crippen LogP contribution in [-0.2, 0) is 11.2 Å². The molecule has 1 heterocycles. The molecule has 0 fully saturated rings. The second-order valence-corrected chi connectivity index (χ2v) is 6.71. The number of aliphatic carboxylic acids is 1. The predicted octanol–water partition coefficient (Wildman–Crippen LogP) is 4.44. The number of hydrogen-bond acceptors (Lipinski definition) is 4. The maximum atomic E-state index is 11.1. The lowest BCUT2D eigenvalue weighted by atomic mass is 10.00. The summed E-state index contributed by atoms with van der Waals surface area (Å²) in [5.41, 5.74) is 3.69. The fourth-order valence-electron chi connectivity index (χ4n) is 2.96. The highest BCUT2D eigenvalue weighted by atomic mass is 16.5. The van der Waals surface area contributed by atoms with E-state index in [2.05, 4.69) is 0 Å². The van der Waals surface area contributed by atoms with Crippen molar-refractivity contribution < 1.29 is 19.1 Å². The van der Waals surface area contributed by atoms with Crippen LogP contribution in [0.25, 0.3) is 22.3 Å². The SMILES string of the molecule is COc1cc(CC(C)C(=O)O)cc2cc(-c3ccc(N(C)C)cc3)oc12. The van der Waals surface area contributed by atoms with E-state index in [1.165, 1.54) is 0 Å². The van der Waals surface area contributed by atoms with Crippen LogP contribution in [0.15, 0.2) is 46.9 Å². The molecule has 0 radical (unpaired) electrons. The summed E-state index contributed by atoms with van der Waals surface area (Å²) in [5, 5.41) is 10.1. The summed E-state index contributed by atoms with van der Waals surface area (Å²) in [7, 11) is 5.59. The van der Waals surface area contributed by atoms with E-state index in [4.69, 9.17) is 14.3 Å². The van der Waals surface area contributed by atoms with Crippen molar-refractivity contribution in [2.75, 3.05) is 26.1 Å². The van der Waals surface area contributed by atoms with Gasteiger partial charge in [0.05, 0.1) is 13.0 Å². The minimum Gasteiger partial charge on any atom is -0.493 e. The molecule has 26 heavy (non-hydrogen) atoms. The maximum absolute atomic E-state index is 11.1. The third-order valence-corrected chi connectivity index (χ3v) is 4.49. The Morgan fingerprint density at radius 3 is 2.46 bits per heavy atom. The Bertz CT molecular complexity index is 925. The van der Waals surface area contributed by atoms with Gasteiger partial charge in [0.15, 0.2) is 11.3 Å². The molecule has 0 saturated carbocycles. The number of fused-ring (bicyclic) bond motifs is 1. The molecule has 0 aliphatic rings. The second kappa shape index (κ2) is 7.12. The van der Waals surface area contributed by atoms with Crippen LogP contribution in [-0.4, -0.2) is 32.3 Å².